The molecule has 0 bridgehead atoms. The first-order valence-electron chi connectivity index (χ1n) is 2.96. The molecule has 0 rings (SSSR count). The van der Waals surface area contributed by atoms with E-state index < -0.39 is 30.2 Å². The maximum absolute atomic E-state index is 10.2. The summed E-state index contributed by atoms with van der Waals surface area (Å²) in [6.07, 6.45) is -0.280. The van der Waals surface area contributed by atoms with Gasteiger partial charge in [0, 0.05) is 0 Å². The second-order valence-electron chi connectivity index (χ2n) is 2.05. The van der Waals surface area contributed by atoms with Gasteiger partial charge in [0.2, 0.25) is 0 Å². The molecule has 0 aliphatic heterocycles. The fraction of sp³-hybridized carbons (Fsp3) is 0.333. The van der Waals surface area contributed by atoms with Crippen LogP contribution in [0.25, 0.3) is 0 Å². The van der Waals surface area contributed by atoms with Gasteiger partial charge < -0.3 is 15.3 Å². The Balaban J connectivity index is 4.14. The van der Waals surface area contributed by atoms with Crippen molar-refractivity contribution in [2.75, 3.05) is 0 Å². The molecule has 0 amide bonds. The normalized spacial score (nSPS) is 9.75. The van der Waals surface area contributed by atoms with Gasteiger partial charge in [-0.1, -0.05) is 0 Å². The monoisotopic (exact) mass is 175 g/mol. The van der Waals surface area contributed by atoms with Crippen molar-refractivity contribution in [3.8, 4) is 0 Å². The van der Waals surface area contributed by atoms with Crippen LogP contribution in [-0.4, -0.2) is 33.2 Å². The SMILES string of the molecule is O=C(O)[CH]C(CC(=O)O)C(=O)O. The topological polar surface area (TPSA) is 112 Å². The summed E-state index contributed by atoms with van der Waals surface area (Å²) in [6.45, 7) is 0. The van der Waals surface area contributed by atoms with Crippen molar-refractivity contribution in [2.24, 2.45) is 5.92 Å². The fourth-order valence-corrected chi connectivity index (χ4v) is 0.578. The minimum absolute atomic E-state index is 0.441. The Hall–Kier alpha value is -1.59. The third kappa shape index (κ3) is 4.26. The molecule has 0 saturated heterocycles. The minimum Gasteiger partial charge on any atom is -0.481 e. The van der Waals surface area contributed by atoms with Crippen LogP contribution in [0.15, 0.2) is 0 Å². The van der Waals surface area contributed by atoms with Gasteiger partial charge in [-0.15, -0.1) is 0 Å². The van der Waals surface area contributed by atoms with Crippen LogP contribution in [0.4, 0.5) is 0 Å². The first-order valence-corrected chi connectivity index (χ1v) is 2.96. The van der Waals surface area contributed by atoms with Crippen LogP contribution in [0, 0.1) is 12.3 Å². The molecule has 3 N–H and O–H groups in total. The van der Waals surface area contributed by atoms with E-state index >= 15 is 0 Å². The van der Waals surface area contributed by atoms with Gasteiger partial charge in [0.25, 0.3) is 0 Å². The molecule has 0 saturated carbocycles. The molecule has 1 unspecified atom stereocenters. The van der Waals surface area contributed by atoms with Crippen molar-refractivity contribution in [2.45, 2.75) is 6.42 Å². The standard InChI is InChI=1S/C6H7O6/c7-4(8)1-3(6(11)12)2-5(9)10/h1,3H,2H2,(H,7,8)(H,9,10)(H,11,12). The van der Waals surface area contributed by atoms with E-state index in [4.69, 9.17) is 15.3 Å². The molecule has 0 aliphatic carbocycles. The number of carbonyl (C=O) groups is 3. The van der Waals surface area contributed by atoms with Crippen molar-refractivity contribution in [3.63, 3.8) is 0 Å². The molecule has 6 heteroatoms. The van der Waals surface area contributed by atoms with Crippen molar-refractivity contribution in [1.82, 2.24) is 0 Å². The van der Waals surface area contributed by atoms with E-state index in [1.807, 2.05) is 0 Å². The summed E-state index contributed by atoms with van der Waals surface area (Å²) >= 11 is 0. The van der Waals surface area contributed by atoms with Gasteiger partial charge >= 0.3 is 17.9 Å². The number of hydrogen-bond acceptors (Lipinski definition) is 3. The maximum Gasteiger partial charge on any atom is 0.308 e. The Labute approximate surface area is 67.4 Å². The Morgan fingerprint density at radius 1 is 1.17 bits per heavy atom. The van der Waals surface area contributed by atoms with E-state index in [0.29, 0.717) is 6.42 Å². The van der Waals surface area contributed by atoms with Crippen LogP contribution in [0.2, 0.25) is 0 Å². The van der Waals surface area contributed by atoms with Crippen molar-refractivity contribution >= 4 is 17.9 Å². The zero-order chi connectivity index (χ0) is 9.72. The van der Waals surface area contributed by atoms with Crippen molar-refractivity contribution in [1.29, 1.82) is 0 Å². The smallest absolute Gasteiger partial charge is 0.308 e. The van der Waals surface area contributed by atoms with Crippen LogP contribution in [0.1, 0.15) is 6.42 Å². The minimum atomic E-state index is -1.47. The summed E-state index contributed by atoms with van der Waals surface area (Å²) in [5.41, 5.74) is 0. The summed E-state index contributed by atoms with van der Waals surface area (Å²) in [7, 11) is 0. The van der Waals surface area contributed by atoms with Crippen molar-refractivity contribution < 1.29 is 29.7 Å². The number of aliphatic carboxylic acids is 3. The van der Waals surface area contributed by atoms with E-state index in [1.54, 1.807) is 0 Å². The first-order chi connectivity index (χ1) is 5.43. The molecule has 0 spiro atoms. The van der Waals surface area contributed by atoms with Gasteiger partial charge in [0.15, 0.2) is 0 Å². The summed E-state index contributed by atoms with van der Waals surface area (Å²) in [6, 6.07) is 0. The lowest BCUT2D eigenvalue weighted by Gasteiger charge is -2.04. The lowest BCUT2D eigenvalue weighted by Crippen LogP contribution is -2.21. The summed E-state index contributed by atoms with van der Waals surface area (Å²) in [5, 5.41) is 24.6. The number of rotatable bonds is 5. The molecular formula is C6H7O6. The average molecular weight is 175 g/mol. The highest BCUT2D eigenvalue weighted by Gasteiger charge is 2.24. The Kier molecular flexibility index (Phi) is 3.75. The molecule has 0 aromatic heterocycles. The van der Waals surface area contributed by atoms with Gasteiger partial charge in [-0.2, -0.15) is 0 Å². The summed E-state index contributed by atoms with van der Waals surface area (Å²) in [5.74, 6) is -5.72. The molecule has 1 atom stereocenters. The lowest BCUT2D eigenvalue weighted by atomic mass is 10.0. The highest BCUT2D eigenvalue weighted by molar-refractivity contribution is 5.88. The Morgan fingerprint density at radius 2 is 1.67 bits per heavy atom. The van der Waals surface area contributed by atoms with Gasteiger partial charge in [-0.05, 0) is 0 Å². The van der Waals surface area contributed by atoms with Crippen LogP contribution >= 0.6 is 0 Å². The molecule has 0 heterocycles. The molecule has 67 valence electrons. The fourth-order valence-electron chi connectivity index (χ4n) is 0.578. The van der Waals surface area contributed by atoms with E-state index in [1.165, 1.54) is 0 Å². The quantitative estimate of drug-likeness (QED) is 0.516. The van der Waals surface area contributed by atoms with Gasteiger partial charge in [0.05, 0.1) is 18.8 Å². The molecule has 12 heavy (non-hydrogen) atoms. The zero-order valence-electron chi connectivity index (χ0n) is 5.93. The predicted octanol–water partition coefficient (Wildman–Crippen LogP) is -0.549. The highest BCUT2D eigenvalue weighted by Crippen LogP contribution is 2.07. The van der Waals surface area contributed by atoms with E-state index in [0.717, 1.165) is 0 Å². The third-order valence-electron chi connectivity index (χ3n) is 1.06. The van der Waals surface area contributed by atoms with Gasteiger partial charge in [-0.25, -0.2) is 0 Å². The van der Waals surface area contributed by atoms with Crippen molar-refractivity contribution in [3.05, 3.63) is 6.42 Å². The van der Waals surface area contributed by atoms with E-state index in [-0.39, 0.29) is 0 Å². The predicted molar refractivity (Wildman–Crippen MR) is 35.3 cm³/mol. The Bertz CT molecular complexity index is 192. The molecule has 0 aromatic carbocycles. The molecule has 6 nitrogen and oxygen atoms in total. The first kappa shape index (κ1) is 10.4. The second kappa shape index (κ2) is 4.32. The molecule has 0 fully saturated rings. The van der Waals surface area contributed by atoms with E-state index in [9.17, 15) is 14.4 Å². The zero-order valence-corrected chi connectivity index (χ0v) is 5.93. The molecular weight excluding hydrogens is 168 g/mol. The largest absolute Gasteiger partial charge is 0.481 e. The lowest BCUT2D eigenvalue weighted by molar-refractivity contribution is -0.148. The molecule has 0 aromatic rings. The number of carboxylic acids is 3. The number of carboxylic acid groups (broad SMARTS) is 3. The molecule has 0 aliphatic rings. The average Bonchev–Trinajstić information content (AvgIpc) is 1.83. The van der Waals surface area contributed by atoms with Crippen LogP contribution in [-0.2, 0) is 14.4 Å². The van der Waals surface area contributed by atoms with E-state index in [2.05, 4.69) is 0 Å². The van der Waals surface area contributed by atoms with Crippen LogP contribution in [0.5, 0.6) is 0 Å². The van der Waals surface area contributed by atoms with Gasteiger partial charge in [-0.3, -0.25) is 14.4 Å². The second-order valence-corrected chi connectivity index (χ2v) is 2.05. The Morgan fingerprint density at radius 3 is 1.92 bits per heavy atom. The van der Waals surface area contributed by atoms with Crippen LogP contribution < -0.4 is 0 Å². The summed E-state index contributed by atoms with van der Waals surface area (Å²) in [4.78, 5) is 30.2. The highest BCUT2D eigenvalue weighted by atomic mass is 16.4. The van der Waals surface area contributed by atoms with Gasteiger partial charge in [0.1, 0.15) is 0 Å². The third-order valence-corrected chi connectivity index (χ3v) is 1.06. The number of hydrogen-bond donors (Lipinski definition) is 3. The molecule has 1 radical (unpaired) electrons. The van der Waals surface area contributed by atoms with Crippen LogP contribution in [0.3, 0.4) is 0 Å². The maximum atomic E-state index is 10.2. The summed E-state index contributed by atoms with van der Waals surface area (Å²) < 4.78 is 0.